The lowest BCUT2D eigenvalue weighted by Gasteiger charge is -2.30. The van der Waals surface area contributed by atoms with Gasteiger partial charge < -0.3 is 10.2 Å². The van der Waals surface area contributed by atoms with E-state index in [1.54, 1.807) is 6.20 Å². The van der Waals surface area contributed by atoms with Crippen molar-refractivity contribution in [1.29, 1.82) is 0 Å². The van der Waals surface area contributed by atoms with Crippen molar-refractivity contribution < 1.29 is 0 Å². The topological polar surface area (TPSA) is 53.9 Å². The molecule has 0 amide bonds. The summed E-state index contributed by atoms with van der Waals surface area (Å²) in [6.45, 7) is 8.69. The van der Waals surface area contributed by atoms with Crippen molar-refractivity contribution in [3.05, 3.63) is 36.0 Å². The second-order valence-electron chi connectivity index (χ2n) is 6.70. The molecule has 1 fully saturated rings. The first kappa shape index (κ1) is 15.7. The summed E-state index contributed by atoms with van der Waals surface area (Å²) in [5.74, 6) is 2.62. The van der Waals surface area contributed by atoms with E-state index in [0.29, 0.717) is 11.8 Å². The molecule has 3 rings (SSSR count). The lowest BCUT2D eigenvalue weighted by Crippen LogP contribution is -2.35. The number of piperidine rings is 1. The van der Waals surface area contributed by atoms with Crippen LogP contribution in [0.5, 0.6) is 0 Å². The van der Waals surface area contributed by atoms with E-state index < -0.39 is 0 Å². The molecule has 122 valence electrons. The van der Waals surface area contributed by atoms with Crippen LogP contribution < -0.4 is 10.2 Å². The fourth-order valence-electron chi connectivity index (χ4n) is 3.11. The summed E-state index contributed by atoms with van der Waals surface area (Å²) in [4.78, 5) is 6.90. The van der Waals surface area contributed by atoms with E-state index in [-0.39, 0.29) is 0 Å². The monoisotopic (exact) mass is 311 g/mol. The highest BCUT2D eigenvalue weighted by molar-refractivity contribution is 5.61. The van der Waals surface area contributed by atoms with Gasteiger partial charge in [0.05, 0.1) is 6.20 Å². The van der Waals surface area contributed by atoms with Crippen molar-refractivity contribution in [3.8, 4) is 0 Å². The number of aromatic nitrogens is 3. The van der Waals surface area contributed by atoms with Crippen LogP contribution in [0.4, 0.5) is 17.5 Å². The zero-order chi connectivity index (χ0) is 16.2. The van der Waals surface area contributed by atoms with Crippen LogP contribution in [0.15, 0.2) is 30.5 Å². The number of rotatable bonds is 4. The van der Waals surface area contributed by atoms with Gasteiger partial charge in [0.1, 0.15) is 0 Å². The standard InChI is InChI=1S/C18H25N5/c1-13(2)15-8-4-5-9-16(15)20-17-11-19-22-18(21-17)23-10-6-7-14(3)12-23/h4-5,8-9,11,13-14H,6-7,10,12H2,1-3H3,(H,20,21,22). The largest absolute Gasteiger partial charge is 0.339 e. The molecule has 1 aliphatic heterocycles. The number of hydrogen-bond acceptors (Lipinski definition) is 5. The van der Waals surface area contributed by atoms with Crippen LogP contribution >= 0.6 is 0 Å². The van der Waals surface area contributed by atoms with Gasteiger partial charge in [0.15, 0.2) is 5.82 Å². The molecule has 1 unspecified atom stereocenters. The highest BCUT2D eigenvalue weighted by Gasteiger charge is 2.19. The summed E-state index contributed by atoms with van der Waals surface area (Å²) in [6.07, 6.45) is 4.16. The molecule has 1 aliphatic rings. The maximum absolute atomic E-state index is 4.67. The average molecular weight is 311 g/mol. The Morgan fingerprint density at radius 3 is 2.87 bits per heavy atom. The Morgan fingerprint density at radius 1 is 1.26 bits per heavy atom. The normalized spacial score (nSPS) is 18.3. The minimum atomic E-state index is 0.455. The predicted molar refractivity (Wildman–Crippen MR) is 94.3 cm³/mol. The first-order valence-corrected chi connectivity index (χ1v) is 8.44. The van der Waals surface area contributed by atoms with E-state index in [9.17, 15) is 0 Å². The van der Waals surface area contributed by atoms with E-state index in [4.69, 9.17) is 0 Å². The van der Waals surface area contributed by atoms with E-state index in [1.807, 2.05) is 6.07 Å². The Bertz CT molecular complexity index is 655. The summed E-state index contributed by atoms with van der Waals surface area (Å²) < 4.78 is 0. The van der Waals surface area contributed by atoms with Crippen molar-refractivity contribution >= 4 is 17.5 Å². The summed E-state index contributed by atoms with van der Waals surface area (Å²) in [6, 6.07) is 8.34. The number of anilines is 3. The molecule has 0 saturated carbocycles. The van der Waals surface area contributed by atoms with Crippen LogP contribution in [0.2, 0.25) is 0 Å². The predicted octanol–water partition coefficient (Wildman–Crippen LogP) is 3.97. The molecule has 0 radical (unpaired) electrons. The molecule has 1 atom stereocenters. The van der Waals surface area contributed by atoms with Gasteiger partial charge in [-0.15, -0.1) is 5.10 Å². The number of para-hydroxylation sites is 1. The highest BCUT2D eigenvalue weighted by atomic mass is 15.3. The van der Waals surface area contributed by atoms with Gasteiger partial charge in [-0.3, -0.25) is 0 Å². The Labute approximate surface area is 138 Å². The van der Waals surface area contributed by atoms with Gasteiger partial charge in [-0.2, -0.15) is 10.1 Å². The molecule has 1 N–H and O–H groups in total. The molecular formula is C18H25N5. The number of nitrogens with zero attached hydrogens (tertiary/aromatic N) is 4. The Hall–Kier alpha value is -2.17. The molecule has 1 aromatic carbocycles. The minimum Gasteiger partial charge on any atom is -0.339 e. The van der Waals surface area contributed by atoms with Crippen LogP contribution in [0.3, 0.4) is 0 Å². The quantitative estimate of drug-likeness (QED) is 0.925. The third-order valence-corrected chi connectivity index (χ3v) is 4.33. The van der Waals surface area contributed by atoms with E-state index in [2.05, 4.69) is 64.4 Å². The summed E-state index contributed by atoms with van der Waals surface area (Å²) in [7, 11) is 0. The third kappa shape index (κ3) is 3.78. The third-order valence-electron chi connectivity index (χ3n) is 4.33. The average Bonchev–Trinajstić information content (AvgIpc) is 2.55. The maximum Gasteiger partial charge on any atom is 0.247 e. The van der Waals surface area contributed by atoms with Crippen LogP contribution in [0.1, 0.15) is 45.1 Å². The molecule has 5 nitrogen and oxygen atoms in total. The molecule has 2 heterocycles. The fourth-order valence-corrected chi connectivity index (χ4v) is 3.11. The second kappa shape index (κ2) is 6.94. The van der Waals surface area contributed by atoms with Crippen LogP contribution in [-0.4, -0.2) is 28.3 Å². The zero-order valence-corrected chi connectivity index (χ0v) is 14.2. The van der Waals surface area contributed by atoms with E-state index in [0.717, 1.165) is 30.5 Å². The van der Waals surface area contributed by atoms with Crippen molar-refractivity contribution in [2.45, 2.75) is 39.5 Å². The van der Waals surface area contributed by atoms with Crippen molar-refractivity contribution in [2.75, 3.05) is 23.3 Å². The van der Waals surface area contributed by atoms with Crippen LogP contribution in [0, 0.1) is 5.92 Å². The smallest absolute Gasteiger partial charge is 0.247 e. The molecular weight excluding hydrogens is 286 g/mol. The molecule has 1 aromatic heterocycles. The molecule has 5 heteroatoms. The molecule has 0 bridgehead atoms. The lowest BCUT2D eigenvalue weighted by atomic mass is 10.0. The van der Waals surface area contributed by atoms with Crippen molar-refractivity contribution in [3.63, 3.8) is 0 Å². The number of nitrogens with one attached hydrogen (secondary N) is 1. The first-order valence-electron chi connectivity index (χ1n) is 8.44. The van der Waals surface area contributed by atoms with Crippen LogP contribution in [-0.2, 0) is 0 Å². The molecule has 1 saturated heterocycles. The Balaban J connectivity index is 1.81. The zero-order valence-electron chi connectivity index (χ0n) is 14.2. The van der Waals surface area contributed by atoms with Gasteiger partial charge in [-0.05, 0) is 36.3 Å². The van der Waals surface area contributed by atoms with Gasteiger partial charge >= 0.3 is 0 Å². The summed E-state index contributed by atoms with van der Waals surface area (Å²) >= 11 is 0. The second-order valence-corrected chi connectivity index (χ2v) is 6.70. The number of benzene rings is 1. The molecule has 0 aliphatic carbocycles. The Kier molecular flexibility index (Phi) is 4.74. The van der Waals surface area contributed by atoms with Crippen molar-refractivity contribution in [1.82, 2.24) is 15.2 Å². The highest BCUT2D eigenvalue weighted by Crippen LogP contribution is 2.27. The molecule has 2 aromatic rings. The summed E-state index contributed by atoms with van der Waals surface area (Å²) in [5, 5.41) is 11.8. The van der Waals surface area contributed by atoms with Crippen molar-refractivity contribution in [2.24, 2.45) is 5.92 Å². The van der Waals surface area contributed by atoms with Gasteiger partial charge in [0, 0.05) is 18.8 Å². The Morgan fingerprint density at radius 2 is 2.09 bits per heavy atom. The van der Waals surface area contributed by atoms with E-state index >= 15 is 0 Å². The summed E-state index contributed by atoms with van der Waals surface area (Å²) in [5.41, 5.74) is 2.36. The number of hydrogen-bond donors (Lipinski definition) is 1. The molecule has 23 heavy (non-hydrogen) atoms. The van der Waals surface area contributed by atoms with Gasteiger partial charge in [0.25, 0.3) is 0 Å². The van der Waals surface area contributed by atoms with Gasteiger partial charge in [-0.1, -0.05) is 39.0 Å². The lowest BCUT2D eigenvalue weighted by molar-refractivity contribution is 0.441. The van der Waals surface area contributed by atoms with Gasteiger partial charge in [-0.25, -0.2) is 0 Å². The maximum atomic E-state index is 4.67. The minimum absolute atomic E-state index is 0.455. The fraction of sp³-hybridized carbons (Fsp3) is 0.500. The van der Waals surface area contributed by atoms with E-state index in [1.165, 1.54) is 18.4 Å². The SMILES string of the molecule is CC1CCCN(c2nncc(Nc3ccccc3C(C)C)n2)C1. The van der Waals surface area contributed by atoms with Crippen LogP contribution in [0.25, 0.3) is 0 Å². The van der Waals surface area contributed by atoms with Gasteiger partial charge in [0.2, 0.25) is 5.95 Å². The molecule has 0 spiro atoms. The first-order chi connectivity index (χ1) is 11.1.